The summed E-state index contributed by atoms with van der Waals surface area (Å²) < 4.78 is 34.7. The number of nitrogens with zero attached hydrogens (tertiary/aromatic N) is 2. The number of carbonyl (C=O) groups excluding carboxylic acids is 2. The van der Waals surface area contributed by atoms with Crippen LogP contribution in [0.4, 0.5) is 5.69 Å². The number of carbonyl (C=O) groups is 2. The Morgan fingerprint density at radius 2 is 1.59 bits per heavy atom. The van der Waals surface area contributed by atoms with Crippen molar-refractivity contribution < 1.29 is 22.7 Å². The van der Waals surface area contributed by atoms with Gasteiger partial charge in [0.1, 0.15) is 18.3 Å². The van der Waals surface area contributed by atoms with E-state index in [2.05, 4.69) is 5.32 Å². The third-order valence-corrected chi connectivity index (χ3v) is 8.54. The summed E-state index contributed by atoms with van der Waals surface area (Å²) in [5, 5.41) is 2.95. The predicted octanol–water partition coefficient (Wildman–Crippen LogP) is 4.82. The maximum atomic E-state index is 14.2. The quantitative estimate of drug-likeness (QED) is 0.295. The summed E-state index contributed by atoms with van der Waals surface area (Å²) in [6, 6.07) is 22.1. The molecule has 1 N–H and O–H groups in total. The van der Waals surface area contributed by atoms with E-state index in [1.54, 1.807) is 30.3 Å². The fourth-order valence-corrected chi connectivity index (χ4v) is 5.98. The van der Waals surface area contributed by atoms with E-state index in [1.807, 2.05) is 64.1 Å². The summed E-state index contributed by atoms with van der Waals surface area (Å²) in [5.74, 6) is -0.172. The van der Waals surface area contributed by atoms with Crippen LogP contribution in [0, 0.1) is 12.8 Å². The zero-order valence-electron chi connectivity index (χ0n) is 24.5. The number of benzene rings is 3. The third-order valence-electron chi connectivity index (χ3n) is 6.77. The minimum Gasteiger partial charge on any atom is -0.495 e. The van der Waals surface area contributed by atoms with Gasteiger partial charge in [-0.2, -0.15) is 0 Å². The second kappa shape index (κ2) is 14.7. The van der Waals surface area contributed by atoms with Crippen molar-refractivity contribution in [2.45, 2.75) is 51.5 Å². The van der Waals surface area contributed by atoms with Gasteiger partial charge in [-0.05, 0) is 61.1 Å². The van der Waals surface area contributed by atoms with Crippen molar-refractivity contribution in [1.82, 2.24) is 10.2 Å². The molecular weight excluding hydrogens is 538 g/mol. The number of ether oxygens (including phenoxy) is 1. The fraction of sp³-hybridized carbons (Fsp3) is 0.375. The van der Waals surface area contributed by atoms with Crippen LogP contribution in [-0.2, 0) is 26.0 Å². The van der Waals surface area contributed by atoms with E-state index in [-0.39, 0.29) is 29.0 Å². The van der Waals surface area contributed by atoms with E-state index in [0.717, 1.165) is 15.4 Å². The molecule has 0 heterocycles. The average molecular weight is 580 g/mol. The summed E-state index contributed by atoms with van der Waals surface area (Å²) in [6.07, 6.45) is 0.892. The van der Waals surface area contributed by atoms with Gasteiger partial charge in [-0.15, -0.1) is 0 Å². The van der Waals surface area contributed by atoms with E-state index >= 15 is 0 Å². The summed E-state index contributed by atoms with van der Waals surface area (Å²) in [6.45, 7) is 7.93. The first kappa shape index (κ1) is 31.7. The molecule has 3 aromatic rings. The number of nitrogens with one attached hydrogen (secondary N) is 1. The Labute approximate surface area is 244 Å². The molecule has 0 saturated carbocycles. The molecule has 8 nitrogen and oxygen atoms in total. The standard InChI is InChI=1S/C32H41N3O5S/c1-6-28(32(37)33-22-24(2)3)34(20-19-26-13-9-7-10-14-26)31(36)23-35(29-21-25(4)17-18-30(29)40-5)41(38,39)27-15-11-8-12-16-27/h7-18,21,24,28H,6,19-20,22-23H2,1-5H3,(H,33,37)/t28-/m1/s1. The summed E-state index contributed by atoms with van der Waals surface area (Å²) >= 11 is 0. The first-order valence-corrected chi connectivity index (χ1v) is 15.4. The van der Waals surface area contributed by atoms with Gasteiger partial charge in [0, 0.05) is 13.1 Å². The Morgan fingerprint density at radius 3 is 2.17 bits per heavy atom. The van der Waals surface area contributed by atoms with Crippen LogP contribution in [0.3, 0.4) is 0 Å². The lowest BCUT2D eigenvalue weighted by Crippen LogP contribution is -2.53. The molecule has 0 aliphatic heterocycles. The zero-order valence-corrected chi connectivity index (χ0v) is 25.4. The molecule has 0 aromatic heterocycles. The monoisotopic (exact) mass is 579 g/mol. The van der Waals surface area contributed by atoms with E-state index < -0.39 is 28.5 Å². The van der Waals surface area contributed by atoms with Crippen LogP contribution in [0.5, 0.6) is 5.75 Å². The molecule has 9 heteroatoms. The van der Waals surface area contributed by atoms with Crippen LogP contribution in [-0.4, -0.2) is 57.9 Å². The summed E-state index contributed by atoms with van der Waals surface area (Å²) in [4.78, 5) is 29.0. The van der Waals surface area contributed by atoms with Crippen molar-refractivity contribution in [3.05, 3.63) is 90.0 Å². The fourth-order valence-electron chi connectivity index (χ4n) is 4.55. The van der Waals surface area contributed by atoms with Crippen LogP contribution < -0.4 is 14.4 Å². The molecule has 0 fully saturated rings. The molecule has 0 radical (unpaired) electrons. The number of sulfonamides is 1. The van der Waals surface area contributed by atoms with E-state index in [0.29, 0.717) is 25.1 Å². The van der Waals surface area contributed by atoms with Crippen molar-refractivity contribution in [1.29, 1.82) is 0 Å². The lowest BCUT2D eigenvalue weighted by atomic mass is 10.1. The van der Waals surface area contributed by atoms with Gasteiger partial charge in [-0.25, -0.2) is 8.42 Å². The Hall–Kier alpha value is -3.85. The molecular formula is C32H41N3O5S. The van der Waals surface area contributed by atoms with E-state index in [1.165, 1.54) is 24.1 Å². The van der Waals surface area contributed by atoms with Crippen LogP contribution in [0.2, 0.25) is 0 Å². The minimum absolute atomic E-state index is 0.0499. The van der Waals surface area contributed by atoms with Crippen LogP contribution in [0.25, 0.3) is 0 Å². The average Bonchev–Trinajstić information content (AvgIpc) is 2.97. The van der Waals surface area contributed by atoms with E-state index in [9.17, 15) is 18.0 Å². The molecule has 220 valence electrons. The van der Waals surface area contributed by atoms with Crippen molar-refractivity contribution >= 4 is 27.5 Å². The molecule has 2 amide bonds. The van der Waals surface area contributed by atoms with Crippen LogP contribution in [0.15, 0.2) is 83.8 Å². The predicted molar refractivity (Wildman–Crippen MR) is 162 cm³/mol. The van der Waals surface area contributed by atoms with Gasteiger partial charge in [0.25, 0.3) is 10.0 Å². The van der Waals surface area contributed by atoms with Gasteiger partial charge in [0.2, 0.25) is 11.8 Å². The highest BCUT2D eigenvalue weighted by Crippen LogP contribution is 2.33. The number of methoxy groups -OCH3 is 1. The number of anilines is 1. The van der Waals surface area contributed by atoms with Crippen molar-refractivity contribution in [3.63, 3.8) is 0 Å². The maximum absolute atomic E-state index is 14.2. The van der Waals surface area contributed by atoms with E-state index in [4.69, 9.17) is 4.74 Å². The normalized spacial score (nSPS) is 12.0. The molecule has 0 aliphatic carbocycles. The van der Waals surface area contributed by atoms with Crippen molar-refractivity contribution in [3.8, 4) is 5.75 Å². The van der Waals surface area contributed by atoms with Crippen LogP contribution in [0.1, 0.15) is 38.3 Å². The number of aryl methyl sites for hydroxylation is 1. The highest BCUT2D eigenvalue weighted by Gasteiger charge is 2.34. The number of hydrogen-bond donors (Lipinski definition) is 1. The first-order valence-electron chi connectivity index (χ1n) is 13.9. The number of rotatable bonds is 14. The molecule has 0 bridgehead atoms. The molecule has 0 saturated heterocycles. The molecule has 0 aliphatic rings. The zero-order chi connectivity index (χ0) is 30.0. The lowest BCUT2D eigenvalue weighted by molar-refractivity contribution is -0.139. The van der Waals surface area contributed by atoms with Gasteiger partial charge < -0.3 is 15.0 Å². The van der Waals surface area contributed by atoms with Crippen molar-refractivity contribution in [2.24, 2.45) is 5.92 Å². The Morgan fingerprint density at radius 1 is 0.951 bits per heavy atom. The molecule has 41 heavy (non-hydrogen) atoms. The third kappa shape index (κ3) is 8.33. The second-order valence-corrected chi connectivity index (χ2v) is 12.2. The molecule has 0 unspecified atom stereocenters. The largest absolute Gasteiger partial charge is 0.495 e. The Bertz CT molecular complexity index is 1400. The highest BCUT2D eigenvalue weighted by atomic mass is 32.2. The van der Waals surface area contributed by atoms with Gasteiger partial charge >= 0.3 is 0 Å². The van der Waals surface area contributed by atoms with Gasteiger partial charge in [0.15, 0.2) is 0 Å². The Kier molecular flexibility index (Phi) is 11.3. The molecule has 0 spiro atoms. The SMILES string of the molecule is CC[C@H](C(=O)NCC(C)C)N(CCc1ccccc1)C(=O)CN(c1cc(C)ccc1OC)S(=O)(=O)c1ccccc1. The maximum Gasteiger partial charge on any atom is 0.264 e. The van der Waals surface area contributed by atoms with Gasteiger partial charge in [0.05, 0.1) is 17.7 Å². The topological polar surface area (TPSA) is 96.0 Å². The Balaban J connectivity index is 2.05. The molecule has 3 aromatic carbocycles. The lowest BCUT2D eigenvalue weighted by Gasteiger charge is -2.33. The van der Waals surface area contributed by atoms with Gasteiger partial charge in [-0.1, -0.05) is 75.4 Å². The van der Waals surface area contributed by atoms with Crippen molar-refractivity contribution in [2.75, 3.05) is 31.0 Å². The van der Waals surface area contributed by atoms with Crippen LogP contribution >= 0.6 is 0 Å². The first-order chi connectivity index (χ1) is 19.6. The van der Waals surface area contributed by atoms with Gasteiger partial charge in [-0.3, -0.25) is 13.9 Å². The number of amides is 2. The summed E-state index contributed by atoms with van der Waals surface area (Å²) in [7, 11) is -2.71. The number of hydrogen-bond acceptors (Lipinski definition) is 5. The minimum atomic E-state index is -4.17. The molecule has 3 rings (SSSR count). The molecule has 1 atom stereocenters. The highest BCUT2D eigenvalue weighted by molar-refractivity contribution is 7.92. The smallest absolute Gasteiger partial charge is 0.264 e. The second-order valence-electron chi connectivity index (χ2n) is 10.4. The summed E-state index contributed by atoms with van der Waals surface area (Å²) in [5.41, 5.74) is 2.07.